The van der Waals surface area contributed by atoms with E-state index < -0.39 is 6.29 Å². The Morgan fingerprint density at radius 2 is 1.66 bits per heavy atom. The first-order chi connectivity index (χ1) is 24.1. The summed E-state index contributed by atoms with van der Waals surface area (Å²) in [7, 11) is 1.72. The standard InChI is InChI=1S/C24H32N6O3.C9H10O2.C3H8.CH3IS/c1-5-18(12-33-13-19-9-7-8-10-20(19)17(4)31)11-16(3)30-15-28-21-22(26-14-27-23(21)30)29-24(32)25-6-2;10-9(11)7-6-8-4-2-1-3-5-8;2*1-3-2/h7-10,14-16,18H,5-6,11-13H2,1-4H3,(H2,25,26,27,29,32);1-7,9-11H;3H2,1-2H3;1H3/b;7-6+;;. The van der Waals surface area contributed by atoms with Crippen molar-refractivity contribution in [3.8, 4) is 0 Å². The van der Waals surface area contributed by atoms with Gasteiger partial charge in [0, 0.05) is 24.8 Å². The van der Waals surface area contributed by atoms with Crippen molar-refractivity contribution in [2.75, 3.05) is 24.7 Å². The second kappa shape index (κ2) is 26.4. The van der Waals surface area contributed by atoms with Gasteiger partial charge in [0.15, 0.2) is 29.1 Å². The van der Waals surface area contributed by atoms with Gasteiger partial charge in [0.1, 0.15) is 6.33 Å². The molecule has 0 radical (unpaired) electrons. The Labute approximate surface area is 313 Å². The number of urea groups is 1. The maximum Gasteiger partial charge on any atom is 0.320 e. The first-order valence-corrected chi connectivity index (χ1v) is 20.5. The average Bonchev–Trinajstić information content (AvgIpc) is 3.54. The van der Waals surface area contributed by atoms with E-state index in [0.717, 1.165) is 24.0 Å². The number of nitrogens with zero attached hydrogens (tertiary/aromatic N) is 4. The molecule has 0 fully saturated rings. The van der Waals surface area contributed by atoms with Gasteiger partial charge in [-0.05, 0) is 77.8 Å². The number of amides is 2. The molecule has 0 bridgehead atoms. The van der Waals surface area contributed by atoms with Crippen LogP contribution in [0.2, 0.25) is 0 Å². The lowest BCUT2D eigenvalue weighted by Gasteiger charge is -2.21. The number of Topliss-reactive ketones (excluding diaryl/α,β-unsaturated/α-hetero) is 1. The first kappa shape index (κ1) is 44.7. The van der Waals surface area contributed by atoms with Crippen LogP contribution in [0.5, 0.6) is 0 Å². The number of halogens is 1. The number of ketones is 1. The van der Waals surface area contributed by atoms with Crippen molar-refractivity contribution >= 4 is 65.0 Å². The fourth-order valence-electron chi connectivity index (χ4n) is 4.61. The number of hydrogen-bond donors (Lipinski definition) is 4. The Bertz CT molecular complexity index is 1550. The average molecular weight is 821 g/mol. The highest BCUT2D eigenvalue weighted by atomic mass is 127. The third-order valence-electron chi connectivity index (χ3n) is 6.92. The maximum absolute atomic E-state index is 11.9. The van der Waals surface area contributed by atoms with Gasteiger partial charge in [-0.2, -0.15) is 0 Å². The number of carbonyl (C=O) groups excluding carboxylic acids is 2. The van der Waals surface area contributed by atoms with Crippen LogP contribution in [0.4, 0.5) is 10.6 Å². The van der Waals surface area contributed by atoms with Crippen molar-refractivity contribution in [3.05, 3.63) is 90.0 Å². The normalized spacial score (nSPS) is 11.7. The highest BCUT2D eigenvalue weighted by Crippen LogP contribution is 2.26. The Morgan fingerprint density at radius 3 is 2.26 bits per heavy atom. The van der Waals surface area contributed by atoms with Gasteiger partial charge in [-0.25, -0.2) is 19.7 Å². The Kier molecular flexibility index (Phi) is 23.6. The van der Waals surface area contributed by atoms with Crippen LogP contribution in [0.15, 0.2) is 73.3 Å². The van der Waals surface area contributed by atoms with E-state index in [1.807, 2.05) is 72.3 Å². The molecular formula is C37H53IN6O5S. The molecule has 11 nitrogen and oxygen atoms in total. The fraction of sp³-hybridized carbons (Fsp3) is 0.432. The summed E-state index contributed by atoms with van der Waals surface area (Å²) in [5.74, 6) is 0.762. The number of aliphatic hydroxyl groups is 2. The van der Waals surface area contributed by atoms with Crippen LogP contribution >= 0.6 is 30.1 Å². The van der Waals surface area contributed by atoms with Crippen LogP contribution in [0, 0.1) is 5.92 Å². The molecule has 2 heterocycles. The Hall–Kier alpha value is -3.37. The molecule has 0 spiro atoms. The van der Waals surface area contributed by atoms with Gasteiger partial charge in [-0.15, -0.1) is 0 Å². The van der Waals surface area contributed by atoms with Crippen LogP contribution < -0.4 is 10.6 Å². The van der Waals surface area contributed by atoms with Crippen molar-refractivity contribution < 1.29 is 24.5 Å². The zero-order valence-corrected chi connectivity index (χ0v) is 33.1. The molecule has 4 rings (SSSR count). The summed E-state index contributed by atoms with van der Waals surface area (Å²) >= 11 is 2.20. The molecule has 2 atom stereocenters. The van der Waals surface area contributed by atoms with Crippen LogP contribution in [0.3, 0.4) is 0 Å². The van der Waals surface area contributed by atoms with Gasteiger partial charge in [0.05, 0.1) is 12.9 Å². The van der Waals surface area contributed by atoms with Crippen LogP contribution in [-0.2, 0) is 11.3 Å². The summed E-state index contributed by atoms with van der Waals surface area (Å²) in [6.07, 6.45) is 9.89. The van der Waals surface area contributed by atoms with Crippen LogP contribution in [0.1, 0.15) is 88.3 Å². The van der Waals surface area contributed by atoms with Crippen molar-refractivity contribution in [1.29, 1.82) is 0 Å². The number of ether oxygens (including phenoxy) is 1. The number of hydrogen-bond acceptors (Lipinski definition) is 9. The molecule has 0 aliphatic carbocycles. The lowest BCUT2D eigenvalue weighted by molar-refractivity contribution is 0.00302. The smallest absolute Gasteiger partial charge is 0.320 e. The number of fused-ring (bicyclic) bond motifs is 1. The third kappa shape index (κ3) is 17.0. The number of benzene rings is 2. The summed E-state index contributed by atoms with van der Waals surface area (Å²) in [6, 6.07) is 16.8. The summed E-state index contributed by atoms with van der Waals surface area (Å²) in [4.78, 5) is 36.7. The monoisotopic (exact) mass is 820 g/mol. The lowest BCUT2D eigenvalue weighted by atomic mass is 9.98. The van der Waals surface area contributed by atoms with E-state index in [1.165, 1.54) is 18.8 Å². The van der Waals surface area contributed by atoms with E-state index in [-0.39, 0.29) is 17.9 Å². The Morgan fingerprint density at radius 1 is 1.02 bits per heavy atom. The molecule has 0 saturated carbocycles. The quantitative estimate of drug-likeness (QED) is 0.0592. The van der Waals surface area contributed by atoms with Gasteiger partial charge >= 0.3 is 6.03 Å². The zero-order valence-electron chi connectivity index (χ0n) is 30.2. The number of rotatable bonds is 13. The van der Waals surface area contributed by atoms with Crippen LogP contribution in [0.25, 0.3) is 17.2 Å². The van der Waals surface area contributed by atoms with Gasteiger partial charge in [0.2, 0.25) is 0 Å². The molecule has 2 aromatic heterocycles. The molecule has 4 N–H and O–H groups in total. The molecule has 2 amide bonds. The lowest BCUT2D eigenvalue weighted by Crippen LogP contribution is -2.28. The number of aliphatic hydroxyl groups excluding tert-OH is 1. The molecule has 50 heavy (non-hydrogen) atoms. The van der Waals surface area contributed by atoms with E-state index in [4.69, 9.17) is 14.9 Å². The van der Waals surface area contributed by atoms with E-state index in [2.05, 4.69) is 74.5 Å². The molecular weight excluding hydrogens is 767 g/mol. The Balaban J connectivity index is 0.000000606. The van der Waals surface area contributed by atoms with Crippen molar-refractivity contribution in [2.45, 2.75) is 79.7 Å². The number of anilines is 1. The van der Waals surface area contributed by atoms with Crippen molar-refractivity contribution in [2.24, 2.45) is 5.92 Å². The van der Waals surface area contributed by atoms with Gasteiger partial charge < -0.3 is 24.8 Å². The predicted octanol–water partition coefficient (Wildman–Crippen LogP) is 8.49. The molecule has 13 heteroatoms. The maximum atomic E-state index is 11.9. The second-order valence-corrected chi connectivity index (χ2v) is 14.1. The molecule has 4 aromatic rings. The zero-order chi connectivity index (χ0) is 37.3. The molecule has 0 saturated heterocycles. The summed E-state index contributed by atoms with van der Waals surface area (Å²) in [6.45, 7) is 13.5. The van der Waals surface area contributed by atoms with Crippen LogP contribution in [-0.4, -0.2) is 67.2 Å². The second-order valence-electron chi connectivity index (χ2n) is 11.2. The molecule has 274 valence electrons. The van der Waals surface area contributed by atoms with Gasteiger partial charge in [-0.1, -0.05) is 103 Å². The fourth-order valence-corrected chi connectivity index (χ4v) is 4.61. The minimum absolute atomic E-state index is 0.0462. The third-order valence-corrected chi connectivity index (χ3v) is 6.92. The first-order valence-electron chi connectivity index (χ1n) is 16.7. The summed E-state index contributed by atoms with van der Waals surface area (Å²) < 4.78 is 8.01. The van der Waals surface area contributed by atoms with Gasteiger partial charge in [0.25, 0.3) is 0 Å². The molecule has 0 aliphatic heterocycles. The van der Waals surface area contributed by atoms with Gasteiger partial charge in [-0.3, -0.25) is 10.1 Å². The molecule has 2 unspecified atom stereocenters. The number of imidazole rings is 1. The topological polar surface area (TPSA) is 151 Å². The van der Waals surface area contributed by atoms with E-state index in [1.54, 1.807) is 28.3 Å². The number of carbonyl (C=O) groups is 2. The summed E-state index contributed by atoms with van der Waals surface area (Å²) in [5, 5.41) is 22.4. The predicted molar refractivity (Wildman–Crippen MR) is 214 cm³/mol. The van der Waals surface area contributed by atoms with E-state index in [0.29, 0.717) is 48.2 Å². The van der Waals surface area contributed by atoms with E-state index >= 15 is 0 Å². The van der Waals surface area contributed by atoms with Crippen molar-refractivity contribution in [3.63, 3.8) is 0 Å². The molecule has 2 aromatic carbocycles. The van der Waals surface area contributed by atoms with E-state index in [9.17, 15) is 9.59 Å². The highest BCUT2D eigenvalue weighted by Gasteiger charge is 2.19. The molecule has 0 aliphatic rings. The van der Waals surface area contributed by atoms with Crippen molar-refractivity contribution in [1.82, 2.24) is 24.8 Å². The summed E-state index contributed by atoms with van der Waals surface area (Å²) in [5.41, 5.74) is 3.81. The largest absolute Gasteiger partial charge is 0.376 e. The number of aromatic nitrogens is 4. The minimum Gasteiger partial charge on any atom is -0.376 e. The highest BCUT2D eigenvalue weighted by molar-refractivity contribution is 14.2. The SMILES string of the molecule is CCC.CCNC(=O)Nc1ncnc2c1ncn2C(C)CC(CC)COCc1ccccc1C(C)=O.CSI.OC(O)/C=C/c1ccccc1. The minimum atomic E-state index is -1.37. The number of nitrogens with one attached hydrogen (secondary N) is 2.